The lowest BCUT2D eigenvalue weighted by Gasteiger charge is -2.10. The summed E-state index contributed by atoms with van der Waals surface area (Å²) in [5, 5.41) is 1.02. The minimum Gasteiger partial charge on any atom is -0.391 e. The molecule has 2 rings (SSSR count). The molecule has 0 atom stereocenters. The molecule has 0 N–H and O–H groups in total. The van der Waals surface area contributed by atoms with Crippen LogP contribution in [0.25, 0.3) is 10.9 Å². The van der Waals surface area contributed by atoms with Gasteiger partial charge in [-0.15, -0.1) is 0 Å². The van der Waals surface area contributed by atoms with Crippen LogP contribution in [0.1, 0.15) is 0 Å². The Morgan fingerprint density at radius 2 is 1.94 bits per heavy atom. The van der Waals surface area contributed by atoms with Gasteiger partial charge >= 0.3 is 6.09 Å². The molecule has 1 aromatic carbocycles. The second-order valence-corrected chi connectivity index (χ2v) is 3.60. The number of hydrogen-bond acceptors (Lipinski definition) is 3. The summed E-state index contributed by atoms with van der Waals surface area (Å²) >= 11 is 0. The molecule has 0 fully saturated rings. The number of aromatic nitrogens is 1. The van der Waals surface area contributed by atoms with Crippen molar-refractivity contribution in [3.05, 3.63) is 36.4 Å². The van der Waals surface area contributed by atoms with Crippen molar-refractivity contribution in [2.24, 2.45) is 0 Å². The first-order valence-electron chi connectivity index (χ1n) is 4.92. The summed E-state index contributed by atoms with van der Waals surface area (Å²) in [6, 6.07) is 11.2. The maximum Gasteiger partial charge on any atom is 0.416 e. The maximum atomic E-state index is 11.3. The Bertz CT molecular complexity index is 523. The summed E-state index contributed by atoms with van der Waals surface area (Å²) in [4.78, 5) is 16.9. The van der Waals surface area contributed by atoms with Crippen molar-refractivity contribution in [2.45, 2.75) is 0 Å². The molecule has 0 spiro atoms. The fraction of sp³-hybridized carbons (Fsp3) is 0.167. The zero-order chi connectivity index (χ0) is 11.5. The average molecular weight is 216 g/mol. The molecule has 0 aliphatic heterocycles. The van der Waals surface area contributed by atoms with E-state index in [4.69, 9.17) is 4.74 Å². The lowest BCUT2D eigenvalue weighted by molar-refractivity contribution is 0.170. The molecule has 0 bridgehead atoms. The van der Waals surface area contributed by atoms with E-state index in [9.17, 15) is 4.79 Å². The number of rotatable bonds is 1. The van der Waals surface area contributed by atoms with Crippen LogP contribution in [0.2, 0.25) is 0 Å². The topological polar surface area (TPSA) is 42.4 Å². The van der Waals surface area contributed by atoms with E-state index in [0.29, 0.717) is 5.88 Å². The molecular weight excluding hydrogens is 204 g/mol. The van der Waals surface area contributed by atoms with Gasteiger partial charge in [-0.25, -0.2) is 9.78 Å². The van der Waals surface area contributed by atoms with Crippen LogP contribution >= 0.6 is 0 Å². The number of nitrogens with zero attached hydrogens (tertiary/aromatic N) is 2. The van der Waals surface area contributed by atoms with Gasteiger partial charge < -0.3 is 9.64 Å². The van der Waals surface area contributed by atoms with Crippen molar-refractivity contribution in [3.63, 3.8) is 0 Å². The lowest BCUT2D eigenvalue weighted by atomic mass is 10.2. The van der Waals surface area contributed by atoms with Crippen molar-refractivity contribution in [1.29, 1.82) is 0 Å². The van der Waals surface area contributed by atoms with E-state index in [-0.39, 0.29) is 0 Å². The molecule has 4 nitrogen and oxygen atoms in total. The fourth-order valence-corrected chi connectivity index (χ4v) is 1.28. The molecule has 1 amide bonds. The van der Waals surface area contributed by atoms with Crippen LogP contribution in [0.4, 0.5) is 4.79 Å². The molecule has 4 heteroatoms. The highest BCUT2D eigenvalue weighted by Gasteiger charge is 2.07. The summed E-state index contributed by atoms with van der Waals surface area (Å²) in [5.41, 5.74) is 0.812. The molecular formula is C12H12N2O2. The van der Waals surface area contributed by atoms with E-state index in [1.54, 1.807) is 20.2 Å². The number of ether oxygens (including phenoxy) is 1. The van der Waals surface area contributed by atoms with E-state index < -0.39 is 6.09 Å². The predicted octanol–water partition coefficient (Wildman–Crippen LogP) is 2.30. The molecule has 0 aliphatic rings. The highest BCUT2D eigenvalue weighted by molar-refractivity contribution is 5.79. The van der Waals surface area contributed by atoms with Gasteiger partial charge in [0.15, 0.2) is 0 Å². The van der Waals surface area contributed by atoms with Gasteiger partial charge in [0.25, 0.3) is 0 Å². The van der Waals surface area contributed by atoms with Crippen molar-refractivity contribution < 1.29 is 9.53 Å². The van der Waals surface area contributed by atoms with Gasteiger partial charge in [0.2, 0.25) is 5.88 Å². The van der Waals surface area contributed by atoms with Crippen molar-refractivity contribution in [3.8, 4) is 5.88 Å². The maximum absolute atomic E-state index is 11.3. The highest BCUT2D eigenvalue weighted by atomic mass is 16.6. The quantitative estimate of drug-likeness (QED) is 0.734. The summed E-state index contributed by atoms with van der Waals surface area (Å²) in [7, 11) is 3.26. The standard InChI is InChI=1S/C12H12N2O2/c1-14(2)12(15)16-11-8-7-9-5-3-4-6-10(9)13-11/h3-8H,1-2H3. The van der Waals surface area contributed by atoms with Crippen LogP contribution in [0.3, 0.4) is 0 Å². The second kappa shape index (κ2) is 4.18. The lowest BCUT2D eigenvalue weighted by Crippen LogP contribution is -2.25. The van der Waals surface area contributed by atoms with Gasteiger partial charge in [-0.1, -0.05) is 18.2 Å². The summed E-state index contributed by atoms with van der Waals surface area (Å²) in [6.45, 7) is 0. The number of amides is 1. The zero-order valence-electron chi connectivity index (χ0n) is 9.18. The Labute approximate surface area is 93.5 Å². The monoisotopic (exact) mass is 216 g/mol. The number of para-hydroxylation sites is 1. The van der Waals surface area contributed by atoms with E-state index in [1.165, 1.54) is 4.90 Å². The van der Waals surface area contributed by atoms with Gasteiger partial charge in [-0.3, -0.25) is 0 Å². The molecule has 0 radical (unpaired) electrons. The van der Waals surface area contributed by atoms with Crippen LogP contribution in [-0.4, -0.2) is 30.1 Å². The Morgan fingerprint density at radius 3 is 2.69 bits per heavy atom. The molecule has 82 valence electrons. The zero-order valence-corrected chi connectivity index (χ0v) is 9.18. The molecule has 1 heterocycles. The molecule has 0 saturated carbocycles. The second-order valence-electron chi connectivity index (χ2n) is 3.60. The fourth-order valence-electron chi connectivity index (χ4n) is 1.28. The minimum atomic E-state index is -0.428. The van der Waals surface area contributed by atoms with Gasteiger partial charge in [-0.2, -0.15) is 0 Å². The first kappa shape index (κ1) is 10.4. The normalized spacial score (nSPS) is 10.1. The third-order valence-corrected chi connectivity index (χ3v) is 2.13. The Morgan fingerprint density at radius 1 is 1.19 bits per heavy atom. The van der Waals surface area contributed by atoms with Crippen molar-refractivity contribution in [2.75, 3.05) is 14.1 Å². The first-order chi connectivity index (χ1) is 7.66. The van der Waals surface area contributed by atoms with Crippen LogP contribution < -0.4 is 4.74 Å². The number of carbonyl (C=O) groups is 1. The summed E-state index contributed by atoms with van der Waals surface area (Å²) in [6.07, 6.45) is -0.428. The van der Waals surface area contributed by atoms with E-state index >= 15 is 0 Å². The summed E-state index contributed by atoms with van der Waals surface area (Å²) < 4.78 is 5.06. The van der Waals surface area contributed by atoms with Crippen LogP contribution in [0.5, 0.6) is 5.88 Å². The van der Waals surface area contributed by atoms with Gasteiger partial charge in [0.05, 0.1) is 5.52 Å². The smallest absolute Gasteiger partial charge is 0.391 e. The molecule has 2 aromatic rings. The Kier molecular flexibility index (Phi) is 2.72. The SMILES string of the molecule is CN(C)C(=O)Oc1ccc2ccccc2n1. The third kappa shape index (κ3) is 2.11. The van der Waals surface area contributed by atoms with Crippen molar-refractivity contribution in [1.82, 2.24) is 9.88 Å². The minimum absolute atomic E-state index is 0.317. The average Bonchev–Trinajstić information content (AvgIpc) is 2.28. The van der Waals surface area contributed by atoms with Gasteiger partial charge in [-0.05, 0) is 12.1 Å². The predicted molar refractivity (Wildman–Crippen MR) is 61.5 cm³/mol. The molecule has 1 aromatic heterocycles. The van der Waals surface area contributed by atoms with Crippen LogP contribution in [0, 0.1) is 0 Å². The Hall–Kier alpha value is -2.10. The number of fused-ring (bicyclic) bond motifs is 1. The Balaban J connectivity index is 2.29. The number of carbonyl (C=O) groups excluding carboxylic acids is 1. The molecule has 0 aliphatic carbocycles. The summed E-state index contributed by atoms with van der Waals surface area (Å²) in [5.74, 6) is 0.317. The largest absolute Gasteiger partial charge is 0.416 e. The van der Waals surface area contributed by atoms with Crippen LogP contribution in [-0.2, 0) is 0 Å². The van der Waals surface area contributed by atoms with Crippen molar-refractivity contribution >= 4 is 17.0 Å². The van der Waals surface area contributed by atoms with Gasteiger partial charge in [0, 0.05) is 25.5 Å². The van der Waals surface area contributed by atoms with E-state index in [0.717, 1.165) is 10.9 Å². The number of hydrogen-bond donors (Lipinski definition) is 0. The molecule has 16 heavy (non-hydrogen) atoms. The first-order valence-corrected chi connectivity index (χ1v) is 4.92. The highest BCUT2D eigenvalue weighted by Crippen LogP contribution is 2.16. The molecule has 0 unspecified atom stereocenters. The number of benzene rings is 1. The number of pyridine rings is 1. The van der Waals surface area contributed by atoms with Gasteiger partial charge in [0.1, 0.15) is 0 Å². The third-order valence-electron chi connectivity index (χ3n) is 2.13. The molecule has 0 saturated heterocycles. The van der Waals surface area contributed by atoms with E-state index in [1.807, 2.05) is 30.3 Å². The van der Waals surface area contributed by atoms with Crippen LogP contribution in [0.15, 0.2) is 36.4 Å². The van der Waals surface area contributed by atoms with E-state index in [2.05, 4.69) is 4.98 Å².